The Kier molecular flexibility index (Phi) is 5.19. The molecule has 1 unspecified atom stereocenters. The second-order valence-electron chi connectivity index (χ2n) is 7.18. The largest absolute Gasteiger partial charge is 0.423 e. The van der Waals surface area contributed by atoms with Gasteiger partial charge in [-0.3, -0.25) is 4.90 Å². The van der Waals surface area contributed by atoms with Crippen LogP contribution in [0.15, 0.2) is 33.5 Å². The Balaban J connectivity index is 0.00000192. The standard InChI is InChI=1S/C18H24N2O2.ClH/c1-12-4-5-14-13(9-17(21)22-15(14)8-12)10-20-7-6-16(19)18(2,3)11-20;/h4-5,8-9,16H,6-7,10-11,19H2,1-3H3;1H. The van der Waals surface area contributed by atoms with Crippen LogP contribution in [0.3, 0.4) is 0 Å². The van der Waals surface area contributed by atoms with Crippen LogP contribution in [0, 0.1) is 12.3 Å². The zero-order chi connectivity index (χ0) is 15.9. The van der Waals surface area contributed by atoms with Gasteiger partial charge >= 0.3 is 5.63 Å². The van der Waals surface area contributed by atoms with E-state index >= 15 is 0 Å². The van der Waals surface area contributed by atoms with Gasteiger partial charge in [-0.2, -0.15) is 0 Å². The van der Waals surface area contributed by atoms with Crippen molar-refractivity contribution in [2.75, 3.05) is 13.1 Å². The normalized spacial score (nSPS) is 21.1. The van der Waals surface area contributed by atoms with Crippen LogP contribution in [0.1, 0.15) is 31.4 Å². The Bertz CT molecular complexity index is 754. The number of fused-ring (bicyclic) bond motifs is 1. The van der Waals surface area contributed by atoms with Gasteiger partial charge in [-0.05, 0) is 36.0 Å². The van der Waals surface area contributed by atoms with Crippen LogP contribution < -0.4 is 11.4 Å². The van der Waals surface area contributed by atoms with Gasteiger partial charge in [0.25, 0.3) is 0 Å². The molecular weight excluding hydrogens is 312 g/mol. The van der Waals surface area contributed by atoms with Gasteiger partial charge < -0.3 is 10.2 Å². The molecule has 0 radical (unpaired) electrons. The molecule has 0 spiro atoms. The average Bonchev–Trinajstić information content (AvgIpc) is 2.42. The van der Waals surface area contributed by atoms with Gasteiger partial charge in [0.1, 0.15) is 5.58 Å². The van der Waals surface area contributed by atoms with Crippen LogP contribution in [-0.4, -0.2) is 24.0 Å². The van der Waals surface area contributed by atoms with Crippen molar-refractivity contribution in [2.45, 2.75) is 39.8 Å². The third kappa shape index (κ3) is 3.77. The zero-order valence-corrected chi connectivity index (χ0v) is 14.8. The summed E-state index contributed by atoms with van der Waals surface area (Å²) < 4.78 is 5.34. The molecule has 1 aliphatic heterocycles. The molecule has 2 N–H and O–H groups in total. The van der Waals surface area contributed by atoms with Gasteiger partial charge in [-0.1, -0.05) is 26.0 Å². The highest BCUT2D eigenvalue weighted by molar-refractivity contribution is 5.85. The van der Waals surface area contributed by atoms with E-state index in [-0.39, 0.29) is 29.5 Å². The molecular formula is C18H25ClN2O2. The summed E-state index contributed by atoms with van der Waals surface area (Å²) in [6, 6.07) is 7.89. The Morgan fingerprint density at radius 1 is 1.35 bits per heavy atom. The van der Waals surface area contributed by atoms with E-state index in [0.717, 1.165) is 42.6 Å². The van der Waals surface area contributed by atoms with E-state index in [1.807, 2.05) is 19.1 Å². The van der Waals surface area contributed by atoms with Gasteiger partial charge in [-0.15, -0.1) is 12.4 Å². The molecule has 0 bridgehead atoms. The number of rotatable bonds is 2. The van der Waals surface area contributed by atoms with Gasteiger partial charge in [0.05, 0.1) is 0 Å². The minimum Gasteiger partial charge on any atom is -0.423 e. The van der Waals surface area contributed by atoms with Crippen molar-refractivity contribution in [1.29, 1.82) is 0 Å². The van der Waals surface area contributed by atoms with Gasteiger partial charge in [0.2, 0.25) is 0 Å². The number of piperidine rings is 1. The average molecular weight is 337 g/mol. The molecule has 0 aliphatic carbocycles. The maximum absolute atomic E-state index is 11.8. The molecule has 126 valence electrons. The highest BCUT2D eigenvalue weighted by atomic mass is 35.5. The van der Waals surface area contributed by atoms with Crippen molar-refractivity contribution in [3.05, 3.63) is 45.8 Å². The Morgan fingerprint density at radius 2 is 2.09 bits per heavy atom. The van der Waals surface area contributed by atoms with E-state index in [2.05, 4.69) is 24.8 Å². The number of hydrogen-bond acceptors (Lipinski definition) is 4. The number of aryl methyl sites for hydroxylation is 1. The van der Waals surface area contributed by atoms with Crippen molar-refractivity contribution in [2.24, 2.45) is 11.1 Å². The molecule has 1 atom stereocenters. The van der Waals surface area contributed by atoms with Crippen LogP contribution in [0.5, 0.6) is 0 Å². The molecule has 5 heteroatoms. The molecule has 4 nitrogen and oxygen atoms in total. The molecule has 1 saturated heterocycles. The molecule has 2 heterocycles. The lowest BCUT2D eigenvalue weighted by Gasteiger charge is -2.42. The molecule has 2 aromatic rings. The minimum atomic E-state index is -0.277. The third-order valence-electron chi connectivity index (χ3n) is 4.77. The van der Waals surface area contributed by atoms with E-state index < -0.39 is 0 Å². The smallest absolute Gasteiger partial charge is 0.336 e. The van der Waals surface area contributed by atoms with E-state index in [9.17, 15) is 4.79 Å². The van der Waals surface area contributed by atoms with Crippen LogP contribution >= 0.6 is 12.4 Å². The zero-order valence-electron chi connectivity index (χ0n) is 14.0. The van der Waals surface area contributed by atoms with Crippen LogP contribution in [0.2, 0.25) is 0 Å². The van der Waals surface area contributed by atoms with Gasteiger partial charge in [-0.25, -0.2) is 4.79 Å². The molecule has 1 aromatic carbocycles. The lowest BCUT2D eigenvalue weighted by molar-refractivity contribution is 0.0901. The number of hydrogen-bond donors (Lipinski definition) is 1. The monoisotopic (exact) mass is 336 g/mol. The van der Waals surface area contributed by atoms with Crippen molar-refractivity contribution in [1.82, 2.24) is 4.90 Å². The van der Waals surface area contributed by atoms with E-state index in [1.54, 1.807) is 6.07 Å². The Hall–Kier alpha value is -1.36. The first-order chi connectivity index (χ1) is 10.3. The lowest BCUT2D eigenvalue weighted by atomic mass is 9.79. The fraction of sp³-hybridized carbons (Fsp3) is 0.500. The topological polar surface area (TPSA) is 59.5 Å². The van der Waals surface area contributed by atoms with Crippen LogP contribution in [0.4, 0.5) is 0 Å². The number of nitrogens with zero attached hydrogens (tertiary/aromatic N) is 1. The second kappa shape index (κ2) is 6.63. The fourth-order valence-electron chi connectivity index (χ4n) is 3.33. The Morgan fingerprint density at radius 3 is 2.78 bits per heavy atom. The summed E-state index contributed by atoms with van der Waals surface area (Å²) in [6.07, 6.45) is 0.992. The van der Waals surface area contributed by atoms with Crippen molar-refractivity contribution in [3.63, 3.8) is 0 Å². The SMILES string of the molecule is Cc1ccc2c(CN3CCC(N)C(C)(C)C3)cc(=O)oc2c1.Cl. The summed E-state index contributed by atoms with van der Waals surface area (Å²) in [5.41, 5.74) is 8.84. The summed E-state index contributed by atoms with van der Waals surface area (Å²) in [5.74, 6) is 0. The summed E-state index contributed by atoms with van der Waals surface area (Å²) >= 11 is 0. The van der Waals surface area contributed by atoms with Crippen LogP contribution in [-0.2, 0) is 6.54 Å². The predicted molar refractivity (Wildman–Crippen MR) is 96.1 cm³/mol. The first-order valence-corrected chi connectivity index (χ1v) is 7.86. The molecule has 23 heavy (non-hydrogen) atoms. The summed E-state index contributed by atoms with van der Waals surface area (Å²) in [7, 11) is 0. The first kappa shape index (κ1) is 18.0. The number of nitrogens with two attached hydrogens (primary N) is 1. The maximum Gasteiger partial charge on any atom is 0.336 e. The molecule has 1 aliphatic rings. The van der Waals surface area contributed by atoms with E-state index in [0.29, 0.717) is 5.58 Å². The van der Waals surface area contributed by atoms with Crippen LogP contribution in [0.25, 0.3) is 11.0 Å². The van der Waals surface area contributed by atoms with Crippen molar-refractivity contribution in [3.8, 4) is 0 Å². The van der Waals surface area contributed by atoms with E-state index in [4.69, 9.17) is 10.2 Å². The lowest BCUT2D eigenvalue weighted by Crippen LogP contribution is -2.52. The molecule has 3 rings (SSSR count). The first-order valence-electron chi connectivity index (χ1n) is 7.86. The minimum absolute atomic E-state index is 0. The maximum atomic E-state index is 11.8. The molecule has 1 fully saturated rings. The predicted octanol–water partition coefficient (Wildman–Crippen LogP) is 3.08. The summed E-state index contributed by atoms with van der Waals surface area (Å²) in [4.78, 5) is 14.2. The summed E-state index contributed by atoms with van der Waals surface area (Å²) in [6.45, 7) is 9.11. The van der Waals surface area contributed by atoms with Gasteiger partial charge in [0, 0.05) is 37.1 Å². The fourth-order valence-corrected chi connectivity index (χ4v) is 3.33. The third-order valence-corrected chi connectivity index (χ3v) is 4.77. The second-order valence-corrected chi connectivity index (χ2v) is 7.18. The number of halogens is 1. The highest BCUT2D eigenvalue weighted by Gasteiger charge is 2.33. The molecule has 0 saturated carbocycles. The molecule has 0 amide bonds. The van der Waals surface area contributed by atoms with Gasteiger partial charge in [0.15, 0.2) is 0 Å². The van der Waals surface area contributed by atoms with Crippen molar-refractivity contribution < 1.29 is 4.42 Å². The van der Waals surface area contributed by atoms with E-state index in [1.165, 1.54) is 0 Å². The van der Waals surface area contributed by atoms with Crippen molar-refractivity contribution >= 4 is 23.4 Å². The Labute approximate surface area is 143 Å². The number of likely N-dealkylation sites (tertiary alicyclic amines) is 1. The summed E-state index contributed by atoms with van der Waals surface area (Å²) in [5, 5.41) is 1.03. The number of benzene rings is 1. The highest BCUT2D eigenvalue weighted by Crippen LogP contribution is 2.29. The quantitative estimate of drug-likeness (QED) is 0.856. The molecule has 1 aromatic heterocycles.